The van der Waals surface area contributed by atoms with Crippen molar-refractivity contribution in [3.05, 3.63) is 29.8 Å². The van der Waals surface area contributed by atoms with Crippen LogP contribution in [0.25, 0.3) is 0 Å². The van der Waals surface area contributed by atoms with Crippen LogP contribution in [0.1, 0.15) is 62.7 Å². The number of Topliss-reactive ketones (excluding diaryl/α,β-unsaturated/α-hetero) is 1. The Hall–Kier alpha value is -1.84. The predicted octanol–water partition coefficient (Wildman–Crippen LogP) is 3.84. The Kier molecular flexibility index (Phi) is 6.63. The highest BCUT2D eigenvalue weighted by Gasteiger charge is 2.24. The summed E-state index contributed by atoms with van der Waals surface area (Å²) in [6, 6.07) is 7.56. The molecule has 23 heavy (non-hydrogen) atoms. The van der Waals surface area contributed by atoms with Crippen LogP contribution in [0, 0.1) is 0 Å². The second-order valence-electron chi connectivity index (χ2n) is 6.18. The normalized spacial score (nSPS) is 17.8. The fourth-order valence-electron chi connectivity index (χ4n) is 3.10. The monoisotopic (exact) mass is 317 g/mol. The molecule has 1 amide bonds. The first-order valence-electron chi connectivity index (χ1n) is 8.65. The number of ketones is 1. The summed E-state index contributed by atoms with van der Waals surface area (Å²) in [5.74, 6) is 1.05. The first kappa shape index (κ1) is 17.5. The molecule has 1 atom stereocenters. The van der Waals surface area contributed by atoms with Crippen LogP contribution in [0.5, 0.6) is 5.75 Å². The molecular formula is C19H27NO3. The van der Waals surface area contributed by atoms with E-state index in [0.717, 1.165) is 38.0 Å². The van der Waals surface area contributed by atoms with Crippen LogP contribution in [0.15, 0.2) is 24.3 Å². The van der Waals surface area contributed by atoms with Crippen molar-refractivity contribution in [2.24, 2.45) is 0 Å². The molecule has 1 aromatic rings. The molecule has 1 aliphatic rings. The molecule has 2 rings (SSSR count). The zero-order valence-corrected chi connectivity index (χ0v) is 14.2. The summed E-state index contributed by atoms with van der Waals surface area (Å²) in [6.07, 6.45) is 5.82. The van der Waals surface area contributed by atoms with Gasteiger partial charge in [0.05, 0.1) is 6.61 Å². The Morgan fingerprint density at radius 3 is 2.61 bits per heavy atom. The van der Waals surface area contributed by atoms with Gasteiger partial charge in [0.25, 0.3) is 0 Å². The number of ether oxygens (including phenoxy) is 1. The van der Waals surface area contributed by atoms with Gasteiger partial charge in [0.2, 0.25) is 5.91 Å². The zero-order chi connectivity index (χ0) is 16.7. The Morgan fingerprint density at radius 2 is 1.96 bits per heavy atom. The third-order valence-electron chi connectivity index (χ3n) is 4.48. The number of benzene rings is 1. The van der Waals surface area contributed by atoms with Crippen molar-refractivity contribution in [1.29, 1.82) is 0 Å². The lowest BCUT2D eigenvalue weighted by Crippen LogP contribution is -2.43. The van der Waals surface area contributed by atoms with Gasteiger partial charge in [-0.25, -0.2) is 0 Å². The average Bonchev–Trinajstić information content (AvgIpc) is 2.58. The number of carbonyl (C=O) groups is 2. The van der Waals surface area contributed by atoms with E-state index in [1.165, 1.54) is 6.42 Å². The van der Waals surface area contributed by atoms with E-state index in [1.807, 2.05) is 0 Å². The molecule has 126 valence electrons. The summed E-state index contributed by atoms with van der Waals surface area (Å²) in [7, 11) is 0. The summed E-state index contributed by atoms with van der Waals surface area (Å²) in [5, 5.41) is 0. The van der Waals surface area contributed by atoms with Gasteiger partial charge in [0.15, 0.2) is 5.78 Å². The number of amides is 1. The molecule has 1 aromatic carbocycles. The average molecular weight is 317 g/mol. The Balaban J connectivity index is 1.72. The van der Waals surface area contributed by atoms with Crippen LogP contribution in [-0.4, -0.2) is 35.8 Å². The number of hydrogen-bond acceptors (Lipinski definition) is 3. The molecule has 1 aliphatic heterocycles. The molecule has 0 aromatic heterocycles. The van der Waals surface area contributed by atoms with Crippen molar-refractivity contribution >= 4 is 11.7 Å². The number of rotatable bonds is 7. The second-order valence-corrected chi connectivity index (χ2v) is 6.18. The summed E-state index contributed by atoms with van der Waals surface area (Å²) in [5.41, 5.74) is 0.684. The van der Waals surface area contributed by atoms with Crippen molar-refractivity contribution < 1.29 is 14.3 Å². The lowest BCUT2D eigenvalue weighted by Gasteiger charge is -2.35. The molecule has 0 aliphatic carbocycles. The van der Waals surface area contributed by atoms with Gasteiger partial charge >= 0.3 is 0 Å². The number of carbonyl (C=O) groups excluding carboxylic acids is 2. The summed E-state index contributed by atoms with van der Waals surface area (Å²) >= 11 is 0. The maximum absolute atomic E-state index is 12.3. The van der Waals surface area contributed by atoms with Gasteiger partial charge in [-0.15, -0.1) is 0 Å². The maximum Gasteiger partial charge on any atom is 0.222 e. The predicted molar refractivity (Wildman–Crippen MR) is 90.8 cm³/mol. The minimum atomic E-state index is 0.0501. The molecule has 0 saturated carbocycles. The molecule has 0 radical (unpaired) electrons. The molecule has 1 saturated heterocycles. The lowest BCUT2D eigenvalue weighted by molar-refractivity contribution is -0.135. The fourth-order valence-corrected chi connectivity index (χ4v) is 3.10. The smallest absolute Gasteiger partial charge is 0.222 e. The van der Waals surface area contributed by atoms with Crippen molar-refractivity contribution in [3.63, 3.8) is 0 Å². The van der Waals surface area contributed by atoms with E-state index in [9.17, 15) is 9.59 Å². The molecule has 4 heteroatoms. The number of piperidine rings is 1. The maximum atomic E-state index is 12.3. The highest BCUT2D eigenvalue weighted by atomic mass is 16.5. The van der Waals surface area contributed by atoms with Crippen molar-refractivity contribution in [2.45, 2.75) is 58.4 Å². The number of likely N-dealkylation sites (tertiary alicyclic amines) is 1. The van der Waals surface area contributed by atoms with E-state index < -0.39 is 0 Å². The molecule has 0 spiro atoms. The first-order valence-corrected chi connectivity index (χ1v) is 8.65. The first-order chi connectivity index (χ1) is 11.1. The summed E-state index contributed by atoms with van der Waals surface area (Å²) in [6.45, 7) is 5.14. The van der Waals surface area contributed by atoms with Gasteiger partial charge in [-0.05, 0) is 63.3 Å². The molecule has 1 heterocycles. The molecule has 1 unspecified atom stereocenters. The Labute approximate surface area is 138 Å². The van der Waals surface area contributed by atoms with Crippen LogP contribution in [0.3, 0.4) is 0 Å². The van der Waals surface area contributed by atoms with Crippen molar-refractivity contribution in [1.82, 2.24) is 4.90 Å². The van der Waals surface area contributed by atoms with Gasteiger partial charge in [-0.1, -0.05) is 6.92 Å². The Bertz CT molecular complexity index is 524. The van der Waals surface area contributed by atoms with E-state index in [-0.39, 0.29) is 11.7 Å². The number of hydrogen-bond donors (Lipinski definition) is 0. The summed E-state index contributed by atoms with van der Waals surface area (Å²) < 4.78 is 5.65. The van der Waals surface area contributed by atoms with Crippen molar-refractivity contribution in [3.8, 4) is 5.75 Å². The lowest BCUT2D eigenvalue weighted by atomic mass is 9.99. The fraction of sp³-hybridized carbons (Fsp3) is 0.579. The quantitative estimate of drug-likeness (QED) is 0.567. The van der Waals surface area contributed by atoms with Crippen molar-refractivity contribution in [2.75, 3.05) is 13.2 Å². The second kappa shape index (κ2) is 8.70. The highest BCUT2D eigenvalue weighted by Crippen LogP contribution is 2.20. The third kappa shape index (κ3) is 5.08. The van der Waals surface area contributed by atoms with Gasteiger partial charge < -0.3 is 9.64 Å². The standard InChI is InChI=1S/C19H27NO3/c1-3-17-7-4-5-13-20(17)19(22)8-6-14-23-18-11-9-16(10-12-18)15(2)21/h9-12,17H,3-8,13-14H2,1-2H3. The number of nitrogens with zero attached hydrogens (tertiary/aromatic N) is 1. The SMILES string of the molecule is CCC1CCCCN1C(=O)CCCOc1ccc(C(C)=O)cc1. The molecule has 4 nitrogen and oxygen atoms in total. The van der Waals surface area contributed by atoms with Gasteiger partial charge in [-0.2, -0.15) is 0 Å². The topological polar surface area (TPSA) is 46.6 Å². The molecule has 1 fully saturated rings. The van der Waals surface area contributed by atoms with Crippen LogP contribution in [-0.2, 0) is 4.79 Å². The minimum Gasteiger partial charge on any atom is -0.494 e. The van der Waals surface area contributed by atoms with Gasteiger partial charge in [-0.3, -0.25) is 9.59 Å². The van der Waals surface area contributed by atoms with Crippen LogP contribution >= 0.6 is 0 Å². The van der Waals surface area contributed by atoms with E-state index in [2.05, 4.69) is 11.8 Å². The van der Waals surface area contributed by atoms with E-state index in [1.54, 1.807) is 31.2 Å². The molecule has 0 bridgehead atoms. The molecule has 0 N–H and O–H groups in total. The van der Waals surface area contributed by atoms with E-state index in [4.69, 9.17) is 4.74 Å². The highest BCUT2D eigenvalue weighted by molar-refractivity contribution is 5.94. The largest absolute Gasteiger partial charge is 0.494 e. The van der Waals surface area contributed by atoms with E-state index >= 15 is 0 Å². The third-order valence-corrected chi connectivity index (χ3v) is 4.48. The van der Waals surface area contributed by atoms with Crippen LogP contribution in [0.4, 0.5) is 0 Å². The van der Waals surface area contributed by atoms with Crippen LogP contribution in [0.2, 0.25) is 0 Å². The minimum absolute atomic E-state index is 0.0501. The molecular weight excluding hydrogens is 290 g/mol. The van der Waals surface area contributed by atoms with Crippen LogP contribution < -0.4 is 4.74 Å². The van der Waals surface area contributed by atoms with Gasteiger partial charge in [0, 0.05) is 24.6 Å². The zero-order valence-electron chi connectivity index (χ0n) is 14.2. The summed E-state index contributed by atoms with van der Waals surface area (Å²) in [4.78, 5) is 25.6. The Morgan fingerprint density at radius 1 is 1.22 bits per heavy atom. The van der Waals surface area contributed by atoms with E-state index in [0.29, 0.717) is 24.6 Å². The van der Waals surface area contributed by atoms with Gasteiger partial charge in [0.1, 0.15) is 5.75 Å².